The van der Waals surface area contributed by atoms with Crippen LogP contribution in [0, 0.1) is 0 Å². The number of fused-ring (bicyclic) bond motifs is 1. The van der Waals surface area contributed by atoms with Crippen LogP contribution in [0.4, 0.5) is 0 Å². The van der Waals surface area contributed by atoms with Gasteiger partial charge in [-0.25, -0.2) is 4.79 Å². The third-order valence-electron chi connectivity index (χ3n) is 6.63. The summed E-state index contributed by atoms with van der Waals surface area (Å²) >= 11 is 0. The number of carbonyl (C=O) groups is 1. The quantitative estimate of drug-likeness (QED) is 0.664. The Hall–Kier alpha value is -2.68. The molecule has 1 aromatic carbocycles. The van der Waals surface area contributed by atoms with Crippen molar-refractivity contribution in [1.82, 2.24) is 4.98 Å². The van der Waals surface area contributed by atoms with Crippen LogP contribution < -0.4 is 0 Å². The van der Waals surface area contributed by atoms with E-state index >= 15 is 0 Å². The highest BCUT2D eigenvalue weighted by atomic mass is 16.4. The summed E-state index contributed by atoms with van der Waals surface area (Å²) < 4.78 is 0. The van der Waals surface area contributed by atoms with E-state index in [1.165, 1.54) is 46.9 Å². The Labute approximate surface area is 173 Å². The Bertz CT molecular complexity index is 1020. The lowest BCUT2D eigenvalue weighted by Gasteiger charge is -2.42. The summed E-state index contributed by atoms with van der Waals surface area (Å²) in [6, 6.07) is 10.4. The summed E-state index contributed by atoms with van der Waals surface area (Å²) in [6.07, 6.45) is 10.3. The zero-order valence-corrected chi connectivity index (χ0v) is 17.7. The first-order valence-corrected chi connectivity index (χ1v) is 10.4. The summed E-state index contributed by atoms with van der Waals surface area (Å²) in [5.41, 5.74) is 8.23. The van der Waals surface area contributed by atoms with E-state index in [1.807, 2.05) is 0 Å². The number of aromatic carboxylic acids is 1. The fourth-order valence-electron chi connectivity index (χ4n) is 4.64. The molecule has 0 fully saturated rings. The number of rotatable bonds is 3. The zero-order valence-electron chi connectivity index (χ0n) is 17.7. The number of carboxylic acid groups (broad SMARTS) is 1. The van der Waals surface area contributed by atoms with Gasteiger partial charge < -0.3 is 5.11 Å². The van der Waals surface area contributed by atoms with Crippen molar-refractivity contribution in [3.63, 3.8) is 0 Å². The molecule has 0 saturated carbocycles. The fourth-order valence-corrected chi connectivity index (χ4v) is 4.64. The van der Waals surface area contributed by atoms with Crippen molar-refractivity contribution >= 4 is 17.6 Å². The largest absolute Gasteiger partial charge is 0.478 e. The SMILES string of the molecule is CC1(C)CCC(C)(C)c2cc(C3=CCCC3=Cc3ccc(C(=O)O)cn3)ccc21. The summed E-state index contributed by atoms with van der Waals surface area (Å²) in [5.74, 6) is -0.947. The summed E-state index contributed by atoms with van der Waals surface area (Å²) in [4.78, 5) is 15.4. The van der Waals surface area contributed by atoms with Crippen molar-refractivity contribution in [3.8, 4) is 0 Å². The number of hydrogen-bond acceptors (Lipinski definition) is 2. The monoisotopic (exact) mass is 387 g/mol. The van der Waals surface area contributed by atoms with Gasteiger partial charge in [-0.15, -0.1) is 0 Å². The van der Waals surface area contributed by atoms with Gasteiger partial charge in [-0.05, 0) is 82.6 Å². The van der Waals surface area contributed by atoms with Crippen LogP contribution >= 0.6 is 0 Å². The molecule has 0 radical (unpaired) electrons. The Kier molecular flexibility index (Phi) is 4.72. The van der Waals surface area contributed by atoms with Gasteiger partial charge in [0.05, 0.1) is 11.3 Å². The molecule has 2 aliphatic rings. The molecule has 3 heteroatoms. The second-order valence-electron chi connectivity index (χ2n) is 9.63. The molecule has 1 heterocycles. The highest BCUT2D eigenvalue weighted by Crippen LogP contribution is 2.47. The zero-order chi connectivity index (χ0) is 20.8. The van der Waals surface area contributed by atoms with E-state index in [4.69, 9.17) is 5.11 Å². The molecule has 0 aliphatic heterocycles. The van der Waals surface area contributed by atoms with Crippen molar-refractivity contribution in [2.24, 2.45) is 0 Å². The Balaban J connectivity index is 1.70. The highest BCUT2D eigenvalue weighted by molar-refractivity contribution is 5.88. The van der Waals surface area contributed by atoms with Gasteiger partial charge in [0.2, 0.25) is 0 Å². The Morgan fingerprint density at radius 1 is 1.03 bits per heavy atom. The number of pyridine rings is 1. The molecule has 0 atom stereocenters. The van der Waals surface area contributed by atoms with Crippen molar-refractivity contribution in [1.29, 1.82) is 0 Å². The number of nitrogens with zero attached hydrogens (tertiary/aromatic N) is 1. The second-order valence-corrected chi connectivity index (χ2v) is 9.63. The lowest BCUT2D eigenvalue weighted by Crippen LogP contribution is -2.33. The molecule has 1 aromatic heterocycles. The standard InChI is InChI=1S/C26H29NO2/c1-25(2)12-13-26(3,4)23-15-18(9-11-22(23)25)21-7-5-6-17(21)14-20-10-8-19(16-27-20)24(28)29/h7-11,14-16H,5-6,12-13H2,1-4H3,(H,28,29). The van der Waals surface area contributed by atoms with Crippen molar-refractivity contribution in [2.75, 3.05) is 0 Å². The smallest absolute Gasteiger partial charge is 0.337 e. The molecule has 0 saturated heterocycles. The van der Waals surface area contributed by atoms with Crippen LogP contribution in [0.3, 0.4) is 0 Å². The van der Waals surface area contributed by atoms with Gasteiger partial charge in [0.1, 0.15) is 0 Å². The molecule has 1 N–H and O–H groups in total. The van der Waals surface area contributed by atoms with Gasteiger partial charge in [-0.1, -0.05) is 52.0 Å². The van der Waals surface area contributed by atoms with E-state index in [0.29, 0.717) is 0 Å². The van der Waals surface area contributed by atoms with Gasteiger partial charge >= 0.3 is 5.97 Å². The predicted molar refractivity (Wildman–Crippen MR) is 118 cm³/mol. The van der Waals surface area contributed by atoms with Crippen LogP contribution in [0.1, 0.15) is 86.1 Å². The van der Waals surface area contributed by atoms with Gasteiger partial charge in [-0.3, -0.25) is 4.98 Å². The van der Waals surface area contributed by atoms with Crippen LogP contribution in [0.25, 0.3) is 11.6 Å². The van der Waals surface area contributed by atoms with E-state index in [-0.39, 0.29) is 16.4 Å². The van der Waals surface area contributed by atoms with E-state index in [9.17, 15) is 4.79 Å². The maximum Gasteiger partial charge on any atom is 0.337 e. The van der Waals surface area contributed by atoms with E-state index in [0.717, 1.165) is 18.5 Å². The van der Waals surface area contributed by atoms with Crippen LogP contribution in [0.15, 0.2) is 48.2 Å². The topological polar surface area (TPSA) is 50.2 Å². The van der Waals surface area contributed by atoms with Crippen LogP contribution in [-0.2, 0) is 10.8 Å². The summed E-state index contributed by atoms with van der Waals surface area (Å²) in [7, 11) is 0. The number of allylic oxidation sites excluding steroid dienone is 3. The molecule has 4 rings (SSSR count). The Morgan fingerprint density at radius 3 is 2.41 bits per heavy atom. The van der Waals surface area contributed by atoms with Crippen molar-refractivity contribution in [3.05, 3.63) is 76.1 Å². The van der Waals surface area contributed by atoms with E-state index in [1.54, 1.807) is 12.1 Å². The first kappa shape index (κ1) is 19.6. The maximum atomic E-state index is 11.0. The third kappa shape index (κ3) is 3.66. The highest BCUT2D eigenvalue weighted by Gasteiger charge is 2.37. The molecule has 2 aliphatic carbocycles. The lowest BCUT2D eigenvalue weighted by molar-refractivity contribution is 0.0696. The maximum absolute atomic E-state index is 11.0. The van der Waals surface area contributed by atoms with Crippen LogP contribution in [0.2, 0.25) is 0 Å². The minimum absolute atomic E-state index is 0.193. The molecule has 29 heavy (non-hydrogen) atoms. The fraction of sp³-hybridized carbons (Fsp3) is 0.385. The average molecular weight is 388 g/mol. The molecular formula is C26H29NO2. The summed E-state index contributed by atoms with van der Waals surface area (Å²) in [5, 5.41) is 9.06. The molecule has 150 valence electrons. The number of hydrogen-bond donors (Lipinski definition) is 1. The van der Waals surface area contributed by atoms with E-state index < -0.39 is 5.97 Å². The first-order chi connectivity index (χ1) is 13.7. The minimum Gasteiger partial charge on any atom is -0.478 e. The first-order valence-electron chi connectivity index (χ1n) is 10.4. The number of carboxylic acids is 1. The van der Waals surface area contributed by atoms with Crippen molar-refractivity contribution in [2.45, 2.75) is 64.2 Å². The normalized spacial score (nSPS) is 21.0. The average Bonchev–Trinajstić information content (AvgIpc) is 3.14. The summed E-state index contributed by atoms with van der Waals surface area (Å²) in [6.45, 7) is 9.43. The number of aromatic nitrogens is 1. The molecule has 0 bridgehead atoms. The van der Waals surface area contributed by atoms with Crippen LogP contribution in [-0.4, -0.2) is 16.1 Å². The molecule has 3 nitrogen and oxygen atoms in total. The molecular weight excluding hydrogens is 358 g/mol. The van der Waals surface area contributed by atoms with Crippen LogP contribution in [0.5, 0.6) is 0 Å². The molecule has 0 spiro atoms. The molecule has 2 aromatic rings. The van der Waals surface area contributed by atoms with Gasteiger partial charge in [-0.2, -0.15) is 0 Å². The number of benzene rings is 1. The lowest BCUT2D eigenvalue weighted by atomic mass is 9.63. The third-order valence-corrected chi connectivity index (χ3v) is 6.63. The van der Waals surface area contributed by atoms with Gasteiger partial charge in [0.25, 0.3) is 0 Å². The van der Waals surface area contributed by atoms with Gasteiger partial charge in [0.15, 0.2) is 0 Å². The Morgan fingerprint density at radius 2 is 1.76 bits per heavy atom. The molecule has 0 amide bonds. The van der Waals surface area contributed by atoms with Gasteiger partial charge in [0, 0.05) is 6.20 Å². The molecule has 0 unspecified atom stereocenters. The van der Waals surface area contributed by atoms with E-state index in [2.05, 4.69) is 63.0 Å². The minimum atomic E-state index is -0.947. The second kappa shape index (κ2) is 6.98. The van der Waals surface area contributed by atoms with Crippen molar-refractivity contribution < 1.29 is 9.90 Å². The predicted octanol–water partition coefficient (Wildman–Crippen LogP) is 6.39.